The molecule has 1 aromatic carbocycles. The molecular formula is C17H26BrN3OSSi. The Hall–Kier alpha value is -0.763. The number of hydrogen-bond donors (Lipinski definition) is 1. The highest BCUT2D eigenvalue weighted by Crippen LogP contribution is 2.40. The topological polar surface area (TPSA) is 42.8 Å². The van der Waals surface area contributed by atoms with Gasteiger partial charge < -0.3 is 8.99 Å². The third-order valence-corrected chi connectivity index (χ3v) is 10.1. The Morgan fingerprint density at radius 2 is 2.04 bits per heavy atom. The molecule has 0 aliphatic rings. The van der Waals surface area contributed by atoms with Gasteiger partial charge in [0.15, 0.2) is 13.1 Å². The van der Waals surface area contributed by atoms with E-state index in [2.05, 4.69) is 72.1 Å². The highest BCUT2D eigenvalue weighted by Gasteiger charge is 2.39. The molecule has 7 heteroatoms. The van der Waals surface area contributed by atoms with Crippen molar-refractivity contribution in [3.63, 3.8) is 0 Å². The van der Waals surface area contributed by atoms with Crippen LogP contribution in [0.5, 0.6) is 0 Å². The zero-order valence-corrected chi connectivity index (χ0v) is 18.6. The fourth-order valence-electron chi connectivity index (χ4n) is 2.19. The Labute approximate surface area is 158 Å². The van der Waals surface area contributed by atoms with E-state index < -0.39 is 8.32 Å². The first-order chi connectivity index (χ1) is 11.0. The lowest BCUT2D eigenvalue weighted by Gasteiger charge is -2.39. The Kier molecular flexibility index (Phi) is 5.89. The minimum atomic E-state index is -1.92. The first-order valence-corrected chi connectivity index (χ1v) is 12.2. The molecule has 0 spiro atoms. The second-order valence-corrected chi connectivity index (χ2v) is 13.7. The summed E-state index contributed by atoms with van der Waals surface area (Å²) in [5.74, 6) is 0.906. The highest BCUT2D eigenvalue weighted by molar-refractivity contribution is 9.10. The summed E-state index contributed by atoms with van der Waals surface area (Å²) in [4.78, 5) is 0. The molecule has 1 aromatic heterocycles. The van der Waals surface area contributed by atoms with Gasteiger partial charge in [0, 0.05) is 17.9 Å². The van der Waals surface area contributed by atoms with Crippen LogP contribution in [0, 0.1) is 4.77 Å². The minimum absolute atomic E-state index is 0.0488. The number of aromatic amines is 1. The molecule has 0 amide bonds. The SMILES string of the molecule is Cn1c(CC(O[Si](C)(C)C(C)(C)C)c2cccc(Br)c2)n[nH]c1=S. The van der Waals surface area contributed by atoms with Gasteiger partial charge in [0.2, 0.25) is 0 Å². The molecule has 2 aromatic rings. The van der Waals surface area contributed by atoms with E-state index in [-0.39, 0.29) is 11.1 Å². The predicted molar refractivity (Wildman–Crippen MR) is 107 cm³/mol. The Morgan fingerprint density at radius 1 is 1.38 bits per heavy atom. The molecular weight excluding hydrogens is 402 g/mol. The maximum Gasteiger partial charge on any atom is 0.194 e. The van der Waals surface area contributed by atoms with Crippen molar-refractivity contribution in [3.05, 3.63) is 44.9 Å². The van der Waals surface area contributed by atoms with Gasteiger partial charge in [-0.2, -0.15) is 5.10 Å². The van der Waals surface area contributed by atoms with Gasteiger partial charge in [-0.3, -0.25) is 5.10 Å². The van der Waals surface area contributed by atoms with Crippen LogP contribution in [0.15, 0.2) is 28.7 Å². The lowest BCUT2D eigenvalue weighted by atomic mass is 10.1. The van der Waals surface area contributed by atoms with Gasteiger partial charge in [-0.05, 0) is 48.0 Å². The molecule has 0 radical (unpaired) electrons. The summed E-state index contributed by atoms with van der Waals surface area (Å²) in [6, 6.07) is 8.32. The standard InChI is InChI=1S/C17H26BrN3OSSi/c1-17(2,3)24(5,6)22-14(12-8-7-9-13(18)10-12)11-15-19-20-16(23)21(15)4/h7-10,14H,11H2,1-6H3,(H,20,23). The highest BCUT2D eigenvalue weighted by atomic mass is 79.9. The van der Waals surface area contributed by atoms with E-state index in [0.717, 1.165) is 15.9 Å². The summed E-state index contributed by atoms with van der Waals surface area (Å²) < 4.78 is 10.3. The third-order valence-electron chi connectivity index (χ3n) is 4.80. The molecule has 1 N–H and O–H groups in total. The number of nitrogens with zero attached hydrogens (tertiary/aromatic N) is 2. The van der Waals surface area contributed by atoms with Crippen molar-refractivity contribution in [3.8, 4) is 0 Å². The Balaban J connectivity index is 2.38. The Morgan fingerprint density at radius 3 is 2.54 bits per heavy atom. The van der Waals surface area contributed by atoms with Gasteiger partial charge >= 0.3 is 0 Å². The summed E-state index contributed by atoms with van der Waals surface area (Å²) in [5.41, 5.74) is 1.16. The van der Waals surface area contributed by atoms with E-state index in [1.54, 1.807) is 0 Å². The molecule has 0 aliphatic heterocycles. The Bertz CT molecular complexity index is 764. The van der Waals surface area contributed by atoms with Crippen LogP contribution >= 0.6 is 28.1 Å². The zero-order chi connectivity index (χ0) is 18.1. The molecule has 0 saturated heterocycles. The average Bonchev–Trinajstić information content (AvgIpc) is 2.77. The summed E-state index contributed by atoms with van der Waals surface area (Å²) in [5, 5.41) is 7.37. The molecule has 0 aliphatic carbocycles. The average molecular weight is 428 g/mol. The van der Waals surface area contributed by atoms with E-state index in [1.165, 1.54) is 0 Å². The molecule has 0 fully saturated rings. The maximum absolute atomic E-state index is 6.73. The number of benzene rings is 1. The van der Waals surface area contributed by atoms with Crippen LogP contribution in [-0.2, 0) is 17.9 Å². The molecule has 132 valence electrons. The first kappa shape index (κ1) is 19.6. The lowest BCUT2D eigenvalue weighted by molar-refractivity contribution is 0.180. The molecule has 1 unspecified atom stereocenters. The van der Waals surface area contributed by atoms with E-state index in [4.69, 9.17) is 16.6 Å². The van der Waals surface area contributed by atoms with Crippen molar-refractivity contribution in [1.29, 1.82) is 0 Å². The largest absolute Gasteiger partial charge is 0.409 e. The van der Waals surface area contributed by atoms with Crippen LogP contribution in [-0.4, -0.2) is 23.1 Å². The van der Waals surface area contributed by atoms with E-state index in [1.807, 2.05) is 23.7 Å². The number of hydrogen-bond acceptors (Lipinski definition) is 3. The van der Waals surface area contributed by atoms with Gasteiger partial charge in [0.1, 0.15) is 5.82 Å². The summed E-state index contributed by atoms with van der Waals surface area (Å²) >= 11 is 8.80. The molecule has 0 bridgehead atoms. The first-order valence-electron chi connectivity index (χ1n) is 8.05. The fraction of sp³-hybridized carbons (Fsp3) is 0.529. The fourth-order valence-corrected chi connectivity index (χ4v) is 4.05. The van der Waals surface area contributed by atoms with Crippen LogP contribution in [0.2, 0.25) is 18.1 Å². The van der Waals surface area contributed by atoms with Crippen molar-refractivity contribution in [2.75, 3.05) is 0 Å². The van der Waals surface area contributed by atoms with Crippen LogP contribution in [0.1, 0.15) is 38.3 Å². The number of halogens is 1. The van der Waals surface area contributed by atoms with Gasteiger partial charge in [0.05, 0.1) is 6.10 Å². The summed E-state index contributed by atoms with van der Waals surface area (Å²) in [6.07, 6.45) is 0.638. The molecule has 1 atom stereocenters. The van der Waals surface area contributed by atoms with Crippen molar-refractivity contribution >= 4 is 36.5 Å². The minimum Gasteiger partial charge on any atom is -0.409 e. The predicted octanol–water partition coefficient (Wildman–Crippen LogP) is 5.55. The maximum atomic E-state index is 6.73. The van der Waals surface area contributed by atoms with E-state index in [0.29, 0.717) is 11.2 Å². The number of nitrogens with one attached hydrogen (secondary N) is 1. The number of H-pyrrole nitrogens is 1. The second-order valence-electron chi connectivity index (χ2n) is 7.63. The van der Waals surface area contributed by atoms with Crippen LogP contribution in [0.3, 0.4) is 0 Å². The molecule has 2 rings (SSSR count). The third kappa shape index (κ3) is 4.44. The van der Waals surface area contributed by atoms with Gasteiger partial charge in [-0.25, -0.2) is 0 Å². The summed E-state index contributed by atoms with van der Waals surface area (Å²) in [6.45, 7) is 11.3. The molecule has 4 nitrogen and oxygen atoms in total. The monoisotopic (exact) mass is 427 g/mol. The van der Waals surface area contributed by atoms with Crippen LogP contribution in [0.25, 0.3) is 0 Å². The zero-order valence-electron chi connectivity index (χ0n) is 15.2. The van der Waals surface area contributed by atoms with Gasteiger partial charge in [-0.15, -0.1) is 0 Å². The van der Waals surface area contributed by atoms with E-state index >= 15 is 0 Å². The molecule has 24 heavy (non-hydrogen) atoms. The molecule has 0 saturated carbocycles. The lowest BCUT2D eigenvalue weighted by Crippen LogP contribution is -2.42. The normalized spacial score (nSPS) is 14.0. The number of aromatic nitrogens is 3. The van der Waals surface area contributed by atoms with Gasteiger partial charge in [0.25, 0.3) is 0 Å². The van der Waals surface area contributed by atoms with E-state index in [9.17, 15) is 0 Å². The quantitative estimate of drug-likeness (QED) is 0.502. The second kappa shape index (κ2) is 7.23. The van der Waals surface area contributed by atoms with Crippen molar-refractivity contribution < 1.29 is 4.43 Å². The van der Waals surface area contributed by atoms with Crippen molar-refractivity contribution in [2.45, 2.75) is 51.4 Å². The van der Waals surface area contributed by atoms with Crippen LogP contribution in [0.4, 0.5) is 0 Å². The number of rotatable bonds is 5. The van der Waals surface area contributed by atoms with Crippen LogP contribution < -0.4 is 0 Å². The van der Waals surface area contributed by atoms with Gasteiger partial charge in [-0.1, -0.05) is 48.8 Å². The van der Waals surface area contributed by atoms with Crippen molar-refractivity contribution in [2.24, 2.45) is 7.05 Å². The smallest absolute Gasteiger partial charge is 0.194 e. The summed E-state index contributed by atoms with van der Waals surface area (Å²) in [7, 11) is 0.0148. The van der Waals surface area contributed by atoms with Crippen molar-refractivity contribution in [1.82, 2.24) is 14.8 Å². The molecule has 1 heterocycles.